The van der Waals surface area contributed by atoms with Crippen molar-refractivity contribution in [1.29, 1.82) is 0 Å². The van der Waals surface area contributed by atoms with E-state index in [4.69, 9.17) is 14.2 Å². The molecule has 0 fully saturated rings. The predicted octanol–water partition coefficient (Wildman–Crippen LogP) is 2.76. The Balaban J connectivity index is 1.56. The molecule has 0 aromatic heterocycles. The second-order valence-corrected chi connectivity index (χ2v) is 10.8. The number of rotatable bonds is 6. The summed E-state index contributed by atoms with van der Waals surface area (Å²) in [4.78, 5) is 26.6. The van der Waals surface area contributed by atoms with Gasteiger partial charge in [0, 0.05) is 24.6 Å². The van der Waals surface area contributed by atoms with Crippen LogP contribution in [0.3, 0.4) is 0 Å². The maximum absolute atomic E-state index is 12.6. The lowest BCUT2D eigenvalue weighted by Crippen LogP contribution is -2.69. The number of aromatic hydroxyl groups is 1. The summed E-state index contributed by atoms with van der Waals surface area (Å²) >= 11 is 0. The molecule has 0 saturated heterocycles. The maximum atomic E-state index is 12.6. The molecule has 0 unspecified atom stereocenters. The first kappa shape index (κ1) is 25.3. The van der Waals surface area contributed by atoms with Crippen molar-refractivity contribution in [3.63, 3.8) is 0 Å². The molecule has 0 spiro atoms. The van der Waals surface area contributed by atoms with E-state index in [-0.39, 0.29) is 31.2 Å². The summed E-state index contributed by atoms with van der Waals surface area (Å²) in [5, 5.41) is 25.2. The first-order valence-electron chi connectivity index (χ1n) is 12.1. The third kappa shape index (κ3) is 4.14. The van der Waals surface area contributed by atoms with Crippen LogP contribution < -0.4 is 10.1 Å². The van der Waals surface area contributed by atoms with E-state index < -0.39 is 34.8 Å². The Morgan fingerprint density at radius 2 is 2.03 bits per heavy atom. The van der Waals surface area contributed by atoms with Crippen LogP contribution in [0.4, 0.5) is 4.79 Å². The van der Waals surface area contributed by atoms with Gasteiger partial charge < -0.3 is 34.6 Å². The molecular formula is C26H36N2O7. The van der Waals surface area contributed by atoms with E-state index in [1.807, 2.05) is 27.0 Å². The highest BCUT2D eigenvalue weighted by molar-refractivity contribution is 5.73. The van der Waals surface area contributed by atoms with Gasteiger partial charge in [-0.05, 0) is 65.4 Å². The number of esters is 1. The number of ether oxygens (including phenoxy) is 3. The molecule has 192 valence electrons. The molecule has 0 bridgehead atoms. The van der Waals surface area contributed by atoms with Crippen molar-refractivity contribution in [3.05, 3.63) is 35.1 Å². The average molecular weight is 489 g/mol. The van der Waals surface area contributed by atoms with Crippen LogP contribution in [-0.4, -0.2) is 70.7 Å². The van der Waals surface area contributed by atoms with Crippen molar-refractivity contribution in [1.82, 2.24) is 10.2 Å². The summed E-state index contributed by atoms with van der Waals surface area (Å²) in [6, 6.07) is 3.31. The molecule has 9 heteroatoms. The molecule has 3 aliphatic rings. The lowest BCUT2D eigenvalue weighted by atomic mass is 9.54. The maximum Gasteiger partial charge on any atom is 0.407 e. The van der Waals surface area contributed by atoms with Gasteiger partial charge in [-0.25, -0.2) is 4.79 Å². The number of phenolic OH excluding ortho intramolecular Hbond substituents is 1. The Bertz CT molecular complexity index is 1060. The molecule has 0 saturated carbocycles. The lowest BCUT2D eigenvalue weighted by molar-refractivity contribution is -0.149. The highest BCUT2D eigenvalue weighted by Crippen LogP contribution is 2.62. The van der Waals surface area contributed by atoms with Crippen LogP contribution >= 0.6 is 0 Å². The van der Waals surface area contributed by atoms with Crippen molar-refractivity contribution in [3.8, 4) is 11.5 Å². The van der Waals surface area contributed by atoms with Gasteiger partial charge >= 0.3 is 12.1 Å². The highest BCUT2D eigenvalue weighted by Gasteiger charge is 2.68. The number of benzene rings is 1. The van der Waals surface area contributed by atoms with Crippen molar-refractivity contribution >= 4 is 12.1 Å². The van der Waals surface area contributed by atoms with E-state index in [2.05, 4.69) is 10.2 Å². The fraction of sp³-hybridized carbons (Fsp3) is 0.615. The number of phenols is 1. The molecule has 2 aliphatic carbocycles. The van der Waals surface area contributed by atoms with E-state index in [1.165, 1.54) is 0 Å². The first-order chi connectivity index (χ1) is 16.3. The zero-order valence-electron chi connectivity index (χ0n) is 21.3. The smallest absolute Gasteiger partial charge is 0.407 e. The number of aliphatic hydroxyl groups is 1. The Morgan fingerprint density at radius 3 is 2.69 bits per heavy atom. The van der Waals surface area contributed by atoms with Crippen LogP contribution in [0, 0.1) is 0 Å². The predicted molar refractivity (Wildman–Crippen MR) is 128 cm³/mol. The molecule has 1 aromatic carbocycles. The van der Waals surface area contributed by atoms with Gasteiger partial charge in [0.05, 0.1) is 17.4 Å². The number of alkyl carbamates (subject to hydrolysis) is 1. The number of hydrogen-bond donors (Lipinski definition) is 3. The third-order valence-corrected chi connectivity index (χ3v) is 7.50. The summed E-state index contributed by atoms with van der Waals surface area (Å²) < 4.78 is 17.1. The monoisotopic (exact) mass is 488 g/mol. The molecule has 1 aliphatic heterocycles. The zero-order valence-corrected chi connectivity index (χ0v) is 21.3. The van der Waals surface area contributed by atoms with Crippen LogP contribution in [0.2, 0.25) is 0 Å². The third-order valence-electron chi connectivity index (χ3n) is 7.50. The second kappa shape index (κ2) is 8.71. The molecule has 9 nitrogen and oxygen atoms in total. The van der Waals surface area contributed by atoms with E-state index >= 15 is 0 Å². The summed E-state index contributed by atoms with van der Waals surface area (Å²) in [7, 11) is 1.99. The number of carbonyl (C=O) groups excluding carboxylic acids is 2. The minimum absolute atomic E-state index is 0.00346. The van der Waals surface area contributed by atoms with Crippen LogP contribution in [0.25, 0.3) is 0 Å². The average Bonchev–Trinajstić information content (AvgIpc) is 3.10. The van der Waals surface area contributed by atoms with E-state index in [0.29, 0.717) is 17.9 Å². The number of hydrogen-bond acceptors (Lipinski definition) is 8. The van der Waals surface area contributed by atoms with Gasteiger partial charge in [0.25, 0.3) is 0 Å². The van der Waals surface area contributed by atoms with Crippen molar-refractivity contribution in [2.24, 2.45) is 0 Å². The fourth-order valence-electron chi connectivity index (χ4n) is 5.66. The summed E-state index contributed by atoms with van der Waals surface area (Å²) in [5.74, 6) is 0.0990. The Morgan fingerprint density at radius 1 is 1.31 bits per heavy atom. The number of likely N-dealkylation sites (N-methyl/N-ethyl adjacent to an activating group) is 1. The van der Waals surface area contributed by atoms with Crippen LogP contribution in [0.1, 0.15) is 58.6 Å². The minimum atomic E-state index is -1.19. The van der Waals surface area contributed by atoms with Gasteiger partial charge in [0.1, 0.15) is 11.4 Å². The SMILES string of the molecule is CCN(C)[C@@H]1Cc2ccc(O)c3c2[C@@]2(C)[C@@H](O3)C(OC(=O)CCNC(=O)OC(C)(C)C)=CC[C@@]12O. The molecule has 0 radical (unpaired) electrons. The quantitative estimate of drug-likeness (QED) is 0.524. The largest absolute Gasteiger partial charge is 0.504 e. The topological polar surface area (TPSA) is 118 Å². The Labute approximate surface area is 206 Å². The molecule has 4 atom stereocenters. The fourth-order valence-corrected chi connectivity index (χ4v) is 5.66. The summed E-state index contributed by atoms with van der Waals surface area (Å²) in [6.07, 6.45) is 1.16. The zero-order chi connectivity index (χ0) is 25.8. The van der Waals surface area contributed by atoms with Crippen LogP contribution in [-0.2, 0) is 26.1 Å². The van der Waals surface area contributed by atoms with Gasteiger partial charge in [-0.3, -0.25) is 4.79 Å². The lowest BCUT2D eigenvalue weighted by Gasteiger charge is -2.56. The minimum Gasteiger partial charge on any atom is -0.504 e. The van der Waals surface area contributed by atoms with Gasteiger partial charge in [0.2, 0.25) is 0 Å². The van der Waals surface area contributed by atoms with E-state index in [0.717, 1.165) is 17.7 Å². The molecule has 1 heterocycles. The number of nitrogens with one attached hydrogen (secondary N) is 1. The Kier molecular flexibility index (Phi) is 6.30. The normalized spacial score (nSPS) is 28.6. The first-order valence-corrected chi connectivity index (χ1v) is 12.1. The van der Waals surface area contributed by atoms with E-state index in [9.17, 15) is 19.8 Å². The van der Waals surface area contributed by atoms with Crippen LogP contribution in [0.15, 0.2) is 24.0 Å². The molecule has 1 amide bonds. The van der Waals surface area contributed by atoms with Crippen molar-refractivity contribution in [2.45, 2.75) is 82.6 Å². The Hall–Kier alpha value is -2.78. The molecular weight excluding hydrogens is 452 g/mol. The molecule has 3 N–H and O–H groups in total. The number of nitrogens with zero attached hydrogens (tertiary/aromatic N) is 1. The van der Waals surface area contributed by atoms with Crippen LogP contribution in [0.5, 0.6) is 11.5 Å². The number of carbonyl (C=O) groups is 2. The second-order valence-electron chi connectivity index (χ2n) is 10.8. The van der Waals surface area contributed by atoms with Gasteiger partial charge in [-0.1, -0.05) is 13.0 Å². The molecule has 35 heavy (non-hydrogen) atoms. The van der Waals surface area contributed by atoms with Crippen molar-refractivity contribution in [2.75, 3.05) is 20.1 Å². The number of amides is 1. The van der Waals surface area contributed by atoms with Gasteiger partial charge in [-0.2, -0.15) is 0 Å². The van der Waals surface area contributed by atoms with Gasteiger partial charge in [0.15, 0.2) is 17.6 Å². The molecule has 4 rings (SSSR count). The van der Waals surface area contributed by atoms with Gasteiger partial charge in [-0.15, -0.1) is 0 Å². The standard InChI is InChI=1S/C26H36N2O7/c1-7-28(6)18-14-15-8-9-16(29)21-20(15)25(5)22(34-21)17(10-12-26(18,25)32)33-19(30)11-13-27-23(31)35-24(2,3)4/h8-10,18,22,29,32H,7,11-14H2,1-6H3,(H,27,31)/t18-,22+,25+,26-/m1/s1. The van der Waals surface area contributed by atoms with Crippen molar-refractivity contribution < 1.29 is 34.0 Å². The highest BCUT2D eigenvalue weighted by atomic mass is 16.6. The summed E-state index contributed by atoms with van der Waals surface area (Å²) in [6.45, 7) is 10.1. The summed E-state index contributed by atoms with van der Waals surface area (Å²) in [5.41, 5.74) is -0.970. The molecule has 1 aromatic rings. The van der Waals surface area contributed by atoms with E-state index in [1.54, 1.807) is 32.9 Å².